The summed E-state index contributed by atoms with van der Waals surface area (Å²) in [5.41, 5.74) is 2.35. The third-order valence-electron chi connectivity index (χ3n) is 2.99. The molecule has 0 saturated carbocycles. The Morgan fingerprint density at radius 3 is 2.61 bits per heavy atom. The van der Waals surface area contributed by atoms with Crippen LogP contribution in [-0.2, 0) is 27.8 Å². The van der Waals surface area contributed by atoms with Crippen molar-refractivity contribution in [3.8, 4) is 0 Å². The van der Waals surface area contributed by atoms with E-state index >= 15 is 0 Å². The third-order valence-corrected chi connectivity index (χ3v) is 3.57. The Labute approximate surface area is 134 Å². The lowest BCUT2D eigenvalue weighted by molar-refractivity contribution is -0.121. The zero-order chi connectivity index (χ0) is 16.9. The number of hydrogen-bond donors (Lipinski definition) is 2. The quantitative estimate of drug-likeness (QED) is 0.757. The van der Waals surface area contributed by atoms with E-state index in [0.29, 0.717) is 6.54 Å². The molecule has 23 heavy (non-hydrogen) atoms. The molecule has 124 valence electrons. The molecule has 1 heterocycles. The second-order valence-corrected chi connectivity index (χ2v) is 7.01. The van der Waals surface area contributed by atoms with Crippen LogP contribution in [0.25, 0.3) is 0 Å². The molecule has 2 aromatic rings. The number of rotatable bonds is 7. The molecule has 0 aliphatic rings. The monoisotopic (exact) mass is 337 g/mol. The minimum absolute atomic E-state index is 0.0215. The Morgan fingerprint density at radius 1 is 1.26 bits per heavy atom. The first-order valence-electron chi connectivity index (χ1n) is 7.02. The van der Waals surface area contributed by atoms with Crippen molar-refractivity contribution in [3.05, 3.63) is 41.6 Å². The Balaban J connectivity index is 1.77. The summed E-state index contributed by atoms with van der Waals surface area (Å²) in [7, 11) is -3.41. The van der Waals surface area contributed by atoms with Gasteiger partial charge in [-0.05, 0) is 18.9 Å². The number of carbonyl (C=O) groups is 1. The van der Waals surface area contributed by atoms with Gasteiger partial charge in [0, 0.05) is 6.54 Å². The van der Waals surface area contributed by atoms with Crippen LogP contribution < -0.4 is 10.0 Å². The van der Waals surface area contributed by atoms with E-state index in [2.05, 4.69) is 20.4 Å². The van der Waals surface area contributed by atoms with Gasteiger partial charge in [0.1, 0.15) is 6.54 Å². The summed E-state index contributed by atoms with van der Waals surface area (Å²) in [6.45, 7) is 2.52. The number of benzene rings is 1. The number of amides is 1. The lowest BCUT2D eigenvalue weighted by atomic mass is 10.1. The average molecular weight is 337 g/mol. The van der Waals surface area contributed by atoms with Gasteiger partial charge in [0.25, 0.3) is 0 Å². The fourth-order valence-electron chi connectivity index (χ4n) is 1.92. The highest BCUT2D eigenvalue weighted by atomic mass is 32.2. The minimum atomic E-state index is -3.41. The fraction of sp³-hybridized carbons (Fsp3) is 0.357. The fourth-order valence-corrected chi connectivity index (χ4v) is 2.39. The van der Waals surface area contributed by atoms with Crippen molar-refractivity contribution in [2.24, 2.45) is 0 Å². The van der Waals surface area contributed by atoms with Crippen molar-refractivity contribution in [2.75, 3.05) is 17.5 Å². The second kappa shape index (κ2) is 7.23. The SMILES string of the molecule is Cc1ccc(CCNC(=O)Cn2cc(NS(C)(=O)=O)nn2)cc1. The first-order valence-corrected chi connectivity index (χ1v) is 8.91. The number of sulfonamides is 1. The molecule has 8 nitrogen and oxygen atoms in total. The molecule has 1 aromatic carbocycles. The molecule has 0 aliphatic heterocycles. The van der Waals surface area contributed by atoms with Crippen LogP contribution in [0.15, 0.2) is 30.5 Å². The van der Waals surface area contributed by atoms with E-state index in [9.17, 15) is 13.2 Å². The predicted molar refractivity (Wildman–Crippen MR) is 86.4 cm³/mol. The highest BCUT2D eigenvalue weighted by Crippen LogP contribution is 2.04. The van der Waals surface area contributed by atoms with Crippen molar-refractivity contribution < 1.29 is 13.2 Å². The van der Waals surface area contributed by atoms with Gasteiger partial charge in [-0.25, -0.2) is 13.1 Å². The Kier molecular flexibility index (Phi) is 5.32. The molecule has 0 fully saturated rings. The van der Waals surface area contributed by atoms with Crippen molar-refractivity contribution in [3.63, 3.8) is 0 Å². The van der Waals surface area contributed by atoms with Crippen LogP contribution in [0.3, 0.4) is 0 Å². The van der Waals surface area contributed by atoms with Crippen molar-refractivity contribution >= 4 is 21.7 Å². The maximum absolute atomic E-state index is 11.8. The molecule has 0 atom stereocenters. The topological polar surface area (TPSA) is 106 Å². The lowest BCUT2D eigenvalue weighted by Crippen LogP contribution is -2.29. The van der Waals surface area contributed by atoms with E-state index in [0.717, 1.165) is 18.2 Å². The average Bonchev–Trinajstić information content (AvgIpc) is 2.86. The zero-order valence-corrected chi connectivity index (χ0v) is 13.8. The van der Waals surface area contributed by atoms with Crippen molar-refractivity contribution in [1.29, 1.82) is 0 Å². The highest BCUT2D eigenvalue weighted by Gasteiger charge is 2.08. The van der Waals surface area contributed by atoms with Crippen LogP contribution in [0.2, 0.25) is 0 Å². The number of carbonyl (C=O) groups excluding carboxylic acids is 1. The molecule has 0 aliphatic carbocycles. The molecule has 2 rings (SSSR count). The Bertz CT molecular complexity index is 768. The van der Waals surface area contributed by atoms with Gasteiger partial charge in [-0.1, -0.05) is 35.0 Å². The zero-order valence-electron chi connectivity index (χ0n) is 13.0. The van der Waals surface area contributed by atoms with Gasteiger partial charge in [0.2, 0.25) is 15.9 Å². The van der Waals surface area contributed by atoms with Crippen LogP contribution in [0, 0.1) is 6.92 Å². The van der Waals surface area contributed by atoms with Crippen LogP contribution >= 0.6 is 0 Å². The van der Waals surface area contributed by atoms with E-state index in [-0.39, 0.29) is 18.3 Å². The normalized spacial score (nSPS) is 11.2. The van der Waals surface area contributed by atoms with Crippen molar-refractivity contribution in [1.82, 2.24) is 20.3 Å². The van der Waals surface area contributed by atoms with E-state index < -0.39 is 10.0 Å². The summed E-state index contributed by atoms with van der Waals surface area (Å²) < 4.78 is 25.6. The Morgan fingerprint density at radius 2 is 1.96 bits per heavy atom. The first kappa shape index (κ1) is 16.9. The van der Waals surface area contributed by atoms with Crippen molar-refractivity contribution in [2.45, 2.75) is 19.9 Å². The van der Waals surface area contributed by atoms with Gasteiger partial charge in [-0.15, -0.1) is 5.10 Å². The van der Waals surface area contributed by atoms with E-state index in [1.807, 2.05) is 31.2 Å². The summed E-state index contributed by atoms with van der Waals surface area (Å²) in [6, 6.07) is 8.12. The smallest absolute Gasteiger partial charge is 0.241 e. The first-order chi connectivity index (χ1) is 10.8. The molecule has 1 aromatic heterocycles. The molecule has 0 spiro atoms. The number of hydrogen-bond acceptors (Lipinski definition) is 5. The van der Waals surface area contributed by atoms with Crippen LogP contribution in [0.1, 0.15) is 11.1 Å². The number of nitrogens with zero attached hydrogens (tertiary/aromatic N) is 3. The van der Waals surface area contributed by atoms with Gasteiger partial charge < -0.3 is 5.32 Å². The molecule has 0 unspecified atom stereocenters. The third kappa shape index (κ3) is 6.07. The largest absolute Gasteiger partial charge is 0.354 e. The summed E-state index contributed by atoms with van der Waals surface area (Å²) in [4.78, 5) is 11.8. The van der Waals surface area contributed by atoms with Crippen LogP contribution in [0.5, 0.6) is 0 Å². The van der Waals surface area contributed by atoms with Gasteiger partial charge in [0.05, 0.1) is 12.5 Å². The maximum Gasteiger partial charge on any atom is 0.241 e. The van der Waals surface area contributed by atoms with E-state index in [4.69, 9.17) is 0 Å². The minimum Gasteiger partial charge on any atom is -0.354 e. The molecule has 9 heteroatoms. The summed E-state index contributed by atoms with van der Waals surface area (Å²) >= 11 is 0. The number of aromatic nitrogens is 3. The summed E-state index contributed by atoms with van der Waals surface area (Å²) in [6.07, 6.45) is 3.12. The van der Waals surface area contributed by atoms with E-state index in [1.165, 1.54) is 16.4 Å². The predicted octanol–water partition coefficient (Wildman–Crippen LogP) is 0.317. The lowest BCUT2D eigenvalue weighted by Gasteiger charge is -2.05. The number of nitrogens with one attached hydrogen (secondary N) is 2. The summed E-state index contributed by atoms with van der Waals surface area (Å²) in [5.74, 6) is -0.132. The molecule has 2 N–H and O–H groups in total. The van der Waals surface area contributed by atoms with Gasteiger partial charge in [-0.2, -0.15) is 0 Å². The Hall–Kier alpha value is -2.42. The second-order valence-electron chi connectivity index (χ2n) is 5.26. The number of aryl methyl sites for hydroxylation is 1. The molecule has 0 radical (unpaired) electrons. The van der Waals surface area contributed by atoms with Gasteiger partial charge in [0.15, 0.2) is 5.82 Å². The molecule has 0 saturated heterocycles. The van der Waals surface area contributed by atoms with Gasteiger partial charge in [-0.3, -0.25) is 9.52 Å². The molecule has 1 amide bonds. The summed E-state index contributed by atoms with van der Waals surface area (Å²) in [5, 5.41) is 10.1. The number of anilines is 1. The van der Waals surface area contributed by atoms with E-state index in [1.54, 1.807) is 0 Å². The molecular weight excluding hydrogens is 318 g/mol. The molecular formula is C14H19N5O3S. The van der Waals surface area contributed by atoms with Gasteiger partial charge >= 0.3 is 0 Å². The van der Waals surface area contributed by atoms with Crippen LogP contribution in [-0.4, -0.2) is 42.1 Å². The highest BCUT2D eigenvalue weighted by molar-refractivity contribution is 7.92. The maximum atomic E-state index is 11.8. The standard InChI is InChI=1S/C14H19N5O3S/c1-11-3-5-12(6-4-11)7-8-15-14(20)10-19-9-13(16-18-19)17-23(2,21)22/h3-6,9,17H,7-8,10H2,1-2H3,(H,15,20). The molecule has 0 bridgehead atoms. The van der Waals surface area contributed by atoms with Crippen LogP contribution in [0.4, 0.5) is 5.82 Å².